The monoisotopic (exact) mass is 380 g/mol. The van der Waals surface area contributed by atoms with Crippen LogP contribution in [0, 0.1) is 0 Å². The van der Waals surface area contributed by atoms with E-state index in [-0.39, 0.29) is 11.5 Å². The van der Waals surface area contributed by atoms with Gasteiger partial charge in [-0.2, -0.15) is 0 Å². The molecule has 0 atom stereocenters. The number of phenolic OH excluding ortho intramolecular Hbond substituents is 2. The minimum absolute atomic E-state index is 0.231. The van der Waals surface area contributed by atoms with Crippen molar-refractivity contribution < 1.29 is 10.2 Å². The van der Waals surface area contributed by atoms with Crippen molar-refractivity contribution in [3.63, 3.8) is 0 Å². The van der Waals surface area contributed by atoms with Crippen LogP contribution in [0.1, 0.15) is 25.0 Å². The van der Waals surface area contributed by atoms with Crippen molar-refractivity contribution in [3.05, 3.63) is 108 Å². The fourth-order valence-corrected chi connectivity index (χ4v) is 3.98. The highest BCUT2D eigenvalue weighted by Gasteiger charge is 2.30. The van der Waals surface area contributed by atoms with Crippen LogP contribution in [-0.2, 0) is 5.41 Å². The van der Waals surface area contributed by atoms with Gasteiger partial charge >= 0.3 is 0 Å². The Kier molecular flexibility index (Phi) is 4.85. The summed E-state index contributed by atoms with van der Waals surface area (Å²) < 4.78 is 0. The van der Waals surface area contributed by atoms with Crippen LogP contribution in [-0.4, -0.2) is 10.2 Å². The van der Waals surface area contributed by atoms with Gasteiger partial charge in [-0.05, 0) is 57.6 Å². The van der Waals surface area contributed by atoms with Gasteiger partial charge < -0.3 is 10.2 Å². The lowest BCUT2D eigenvalue weighted by Gasteiger charge is -2.31. The van der Waals surface area contributed by atoms with Crippen molar-refractivity contribution in [2.24, 2.45) is 0 Å². The smallest absolute Gasteiger partial charge is 0.115 e. The number of rotatable bonds is 4. The summed E-state index contributed by atoms with van der Waals surface area (Å²) in [7, 11) is 0. The first-order valence-electron chi connectivity index (χ1n) is 9.74. The summed E-state index contributed by atoms with van der Waals surface area (Å²) in [6.07, 6.45) is 0. The van der Waals surface area contributed by atoms with Crippen molar-refractivity contribution >= 4 is 0 Å². The van der Waals surface area contributed by atoms with E-state index < -0.39 is 5.41 Å². The second-order valence-electron chi connectivity index (χ2n) is 7.82. The number of benzene rings is 4. The van der Waals surface area contributed by atoms with E-state index in [2.05, 4.69) is 38.1 Å². The fraction of sp³-hybridized carbons (Fsp3) is 0.111. The molecule has 0 heterocycles. The van der Waals surface area contributed by atoms with E-state index in [1.165, 1.54) is 0 Å². The molecule has 0 radical (unpaired) electrons. The number of aromatic hydroxyl groups is 2. The van der Waals surface area contributed by atoms with Crippen LogP contribution in [0.2, 0.25) is 0 Å². The molecule has 4 aromatic rings. The van der Waals surface area contributed by atoms with Crippen molar-refractivity contribution in [2.45, 2.75) is 19.3 Å². The molecule has 0 aliphatic heterocycles. The maximum Gasteiger partial charge on any atom is 0.115 e. The zero-order chi connectivity index (χ0) is 20.4. The maximum absolute atomic E-state index is 10.3. The van der Waals surface area contributed by atoms with E-state index in [9.17, 15) is 10.2 Å². The summed E-state index contributed by atoms with van der Waals surface area (Å²) in [5, 5.41) is 20.6. The Morgan fingerprint density at radius 3 is 1.28 bits per heavy atom. The molecule has 2 nitrogen and oxygen atoms in total. The van der Waals surface area contributed by atoms with Gasteiger partial charge in [-0.3, -0.25) is 0 Å². The number of hydrogen-bond donors (Lipinski definition) is 2. The van der Waals surface area contributed by atoms with Gasteiger partial charge in [-0.25, -0.2) is 0 Å². The maximum atomic E-state index is 10.3. The van der Waals surface area contributed by atoms with E-state index in [4.69, 9.17) is 0 Å². The van der Waals surface area contributed by atoms with E-state index in [1.807, 2.05) is 60.7 Å². The van der Waals surface area contributed by atoms with Crippen LogP contribution >= 0.6 is 0 Å². The Bertz CT molecular complexity index is 1040. The Morgan fingerprint density at radius 2 is 0.897 bits per heavy atom. The summed E-state index contributed by atoms with van der Waals surface area (Å²) in [6.45, 7) is 4.27. The Balaban J connectivity index is 1.96. The van der Waals surface area contributed by atoms with Crippen LogP contribution < -0.4 is 0 Å². The van der Waals surface area contributed by atoms with Crippen molar-refractivity contribution in [1.82, 2.24) is 0 Å². The zero-order valence-electron chi connectivity index (χ0n) is 16.6. The van der Waals surface area contributed by atoms with E-state index in [0.29, 0.717) is 0 Å². The summed E-state index contributed by atoms with van der Waals surface area (Å²) in [4.78, 5) is 0. The van der Waals surface area contributed by atoms with Gasteiger partial charge in [0.05, 0.1) is 0 Å². The van der Waals surface area contributed by atoms with Gasteiger partial charge in [0.15, 0.2) is 0 Å². The van der Waals surface area contributed by atoms with Crippen LogP contribution in [0.25, 0.3) is 22.3 Å². The van der Waals surface area contributed by atoms with Crippen molar-refractivity contribution in [3.8, 4) is 33.8 Å². The highest BCUT2D eigenvalue weighted by molar-refractivity contribution is 5.75. The first-order valence-corrected chi connectivity index (χ1v) is 9.74. The predicted molar refractivity (Wildman–Crippen MR) is 119 cm³/mol. The number of hydrogen-bond acceptors (Lipinski definition) is 2. The SMILES string of the molecule is CC(C)(c1cc(O)ccc1-c1ccccc1)c1cc(O)ccc1-c1ccccc1. The third kappa shape index (κ3) is 3.62. The van der Waals surface area contributed by atoms with E-state index in [1.54, 1.807) is 12.1 Å². The molecule has 0 aliphatic rings. The molecule has 0 saturated heterocycles. The second-order valence-corrected chi connectivity index (χ2v) is 7.82. The van der Waals surface area contributed by atoms with Gasteiger partial charge in [0.25, 0.3) is 0 Å². The standard InChI is InChI=1S/C27H24O2/c1-27(2,25-17-21(28)13-15-23(25)19-9-5-3-6-10-19)26-18-22(29)14-16-24(26)20-11-7-4-8-12-20/h3-18,28-29H,1-2H3. The quantitative estimate of drug-likeness (QED) is 0.411. The van der Waals surface area contributed by atoms with Gasteiger partial charge in [0.2, 0.25) is 0 Å². The average molecular weight is 380 g/mol. The fourth-order valence-electron chi connectivity index (χ4n) is 3.98. The lowest BCUT2D eigenvalue weighted by Crippen LogP contribution is -2.21. The molecule has 0 bridgehead atoms. The second kappa shape index (κ2) is 7.48. The molecule has 4 aromatic carbocycles. The summed E-state index contributed by atoms with van der Waals surface area (Å²) in [5.74, 6) is 0.461. The highest BCUT2D eigenvalue weighted by Crippen LogP contribution is 2.44. The van der Waals surface area contributed by atoms with Crippen LogP contribution in [0.5, 0.6) is 11.5 Å². The van der Waals surface area contributed by atoms with Crippen molar-refractivity contribution in [2.75, 3.05) is 0 Å². The lowest BCUT2D eigenvalue weighted by molar-refractivity contribution is 0.470. The largest absolute Gasteiger partial charge is 0.508 e. The molecule has 4 rings (SSSR count). The van der Waals surface area contributed by atoms with E-state index in [0.717, 1.165) is 33.4 Å². The molecule has 0 saturated carbocycles. The summed E-state index contributed by atoms with van der Waals surface area (Å²) >= 11 is 0. The van der Waals surface area contributed by atoms with Gasteiger partial charge in [0.1, 0.15) is 11.5 Å². The first kappa shape index (κ1) is 18.8. The Labute approximate surface area is 171 Å². The molecule has 0 aliphatic carbocycles. The number of phenols is 2. The molecule has 29 heavy (non-hydrogen) atoms. The normalized spacial score (nSPS) is 11.4. The van der Waals surface area contributed by atoms with Gasteiger partial charge in [-0.15, -0.1) is 0 Å². The lowest BCUT2D eigenvalue weighted by atomic mass is 9.72. The summed E-state index contributed by atoms with van der Waals surface area (Å²) in [5.41, 5.74) is 5.87. The van der Waals surface area contributed by atoms with Crippen LogP contribution in [0.15, 0.2) is 97.1 Å². The minimum atomic E-state index is -0.464. The van der Waals surface area contributed by atoms with E-state index >= 15 is 0 Å². The van der Waals surface area contributed by atoms with Gasteiger partial charge in [-0.1, -0.05) is 86.6 Å². The third-order valence-electron chi connectivity index (χ3n) is 5.52. The van der Waals surface area contributed by atoms with Gasteiger partial charge in [0, 0.05) is 5.41 Å². The molecule has 0 unspecified atom stereocenters. The van der Waals surface area contributed by atoms with Crippen LogP contribution in [0.4, 0.5) is 0 Å². The molecule has 144 valence electrons. The Morgan fingerprint density at radius 1 is 0.517 bits per heavy atom. The molecule has 0 amide bonds. The zero-order valence-corrected chi connectivity index (χ0v) is 16.6. The molecule has 2 N–H and O–H groups in total. The minimum Gasteiger partial charge on any atom is -0.508 e. The van der Waals surface area contributed by atoms with Crippen molar-refractivity contribution in [1.29, 1.82) is 0 Å². The highest BCUT2D eigenvalue weighted by atomic mass is 16.3. The summed E-state index contributed by atoms with van der Waals surface area (Å²) in [6, 6.07) is 31.4. The average Bonchev–Trinajstić information content (AvgIpc) is 2.75. The molecular formula is C27H24O2. The molecule has 2 heteroatoms. The molecule has 0 aromatic heterocycles. The Hall–Kier alpha value is -3.52. The topological polar surface area (TPSA) is 40.5 Å². The first-order chi connectivity index (χ1) is 14.0. The molecule has 0 spiro atoms. The molecular weight excluding hydrogens is 356 g/mol. The third-order valence-corrected chi connectivity index (χ3v) is 5.52. The predicted octanol–water partition coefficient (Wildman–Crippen LogP) is 6.76. The van der Waals surface area contributed by atoms with Crippen LogP contribution in [0.3, 0.4) is 0 Å². The molecule has 0 fully saturated rings.